The standard InChI is InChI=1S/C16H28N4/c1-4-7-13-9-10-20(11-13)16-14(8-5-2)15(17-6-3)18-12-19-16/h12-13H,4-11H2,1-3H3,(H,17,18,19). The molecule has 2 heterocycles. The Hall–Kier alpha value is -1.32. The zero-order chi connectivity index (χ0) is 14.4. The minimum atomic E-state index is 0.840. The van der Waals surface area contributed by atoms with Crippen LogP contribution in [0.1, 0.15) is 52.0 Å². The minimum Gasteiger partial charge on any atom is -0.370 e. The molecule has 0 spiro atoms. The lowest BCUT2D eigenvalue weighted by atomic mass is 10.0. The number of hydrogen-bond acceptors (Lipinski definition) is 4. The van der Waals surface area contributed by atoms with Crippen molar-refractivity contribution in [3.8, 4) is 0 Å². The van der Waals surface area contributed by atoms with Crippen molar-refractivity contribution in [3.05, 3.63) is 11.9 Å². The highest BCUT2D eigenvalue weighted by molar-refractivity contribution is 5.59. The summed E-state index contributed by atoms with van der Waals surface area (Å²) in [5.41, 5.74) is 1.30. The van der Waals surface area contributed by atoms with Gasteiger partial charge in [-0.25, -0.2) is 9.97 Å². The van der Waals surface area contributed by atoms with Gasteiger partial charge in [0, 0.05) is 25.2 Å². The quantitative estimate of drug-likeness (QED) is 0.827. The molecule has 1 unspecified atom stereocenters. The third kappa shape index (κ3) is 3.41. The second kappa shape index (κ2) is 7.46. The van der Waals surface area contributed by atoms with Gasteiger partial charge < -0.3 is 10.2 Å². The first kappa shape index (κ1) is 15.1. The van der Waals surface area contributed by atoms with Crippen LogP contribution >= 0.6 is 0 Å². The Balaban J connectivity index is 2.20. The van der Waals surface area contributed by atoms with Gasteiger partial charge in [-0.2, -0.15) is 0 Å². The highest BCUT2D eigenvalue weighted by atomic mass is 15.2. The molecule has 1 saturated heterocycles. The summed E-state index contributed by atoms with van der Waals surface area (Å²) in [4.78, 5) is 11.5. The first-order chi connectivity index (χ1) is 9.80. The van der Waals surface area contributed by atoms with Crippen LogP contribution in [0.4, 0.5) is 11.6 Å². The predicted octanol–water partition coefficient (Wildman–Crippen LogP) is 3.49. The van der Waals surface area contributed by atoms with Gasteiger partial charge in [-0.15, -0.1) is 0 Å². The highest BCUT2D eigenvalue weighted by Crippen LogP contribution is 2.30. The van der Waals surface area contributed by atoms with E-state index in [2.05, 4.69) is 41.0 Å². The summed E-state index contributed by atoms with van der Waals surface area (Å²) in [6.45, 7) is 9.82. The fraction of sp³-hybridized carbons (Fsp3) is 0.750. The van der Waals surface area contributed by atoms with Gasteiger partial charge in [-0.3, -0.25) is 0 Å². The Morgan fingerprint density at radius 3 is 2.80 bits per heavy atom. The van der Waals surface area contributed by atoms with Crippen LogP contribution in [-0.2, 0) is 6.42 Å². The molecule has 0 aromatic carbocycles. The first-order valence-corrected chi connectivity index (χ1v) is 8.12. The molecule has 112 valence electrons. The van der Waals surface area contributed by atoms with Crippen LogP contribution < -0.4 is 10.2 Å². The zero-order valence-electron chi connectivity index (χ0n) is 13.2. The van der Waals surface area contributed by atoms with E-state index in [-0.39, 0.29) is 0 Å². The molecule has 1 atom stereocenters. The summed E-state index contributed by atoms with van der Waals surface area (Å²) < 4.78 is 0. The van der Waals surface area contributed by atoms with E-state index in [1.165, 1.54) is 24.8 Å². The number of anilines is 2. The van der Waals surface area contributed by atoms with Crippen molar-refractivity contribution in [2.75, 3.05) is 29.9 Å². The van der Waals surface area contributed by atoms with Gasteiger partial charge in [0.25, 0.3) is 0 Å². The van der Waals surface area contributed by atoms with Gasteiger partial charge >= 0.3 is 0 Å². The molecule has 1 aromatic rings. The first-order valence-electron chi connectivity index (χ1n) is 8.12. The molecule has 20 heavy (non-hydrogen) atoms. The van der Waals surface area contributed by atoms with E-state index in [0.29, 0.717) is 0 Å². The summed E-state index contributed by atoms with van der Waals surface area (Å²) in [5, 5.41) is 3.38. The van der Waals surface area contributed by atoms with Gasteiger partial charge in [0.05, 0.1) is 0 Å². The van der Waals surface area contributed by atoms with E-state index in [1.807, 2.05) is 0 Å². The molecule has 1 fully saturated rings. The van der Waals surface area contributed by atoms with Crippen LogP contribution in [0.25, 0.3) is 0 Å². The van der Waals surface area contributed by atoms with Crippen molar-refractivity contribution in [2.24, 2.45) is 5.92 Å². The van der Waals surface area contributed by atoms with Crippen molar-refractivity contribution in [2.45, 2.75) is 52.9 Å². The summed E-state index contributed by atoms with van der Waals surface area (Å²) >= 11 is 0. The SMILES string of the molecule is CCCc1c(NCC)ncnc1N1CCC(CCC)C1. The Kier molecular flexibility index (Phi) is 5.62. The summed E-state index contributed by atoms with van der Waals surface area (Å²) in [6.07, 6.45) is 7.82. The lowest BCUT2D eigenvalue weighted by molar-refractivity contribution is 0.529. The smallest absolute Gasteiger partial charge is 0.137 e. The fourth-order valence-corrected chi connectivity index (χ4v) is 3.14. The van der Waals surface area contributed by atoms with Crippen molar-refractivity contribution >= 4 is 11.6 Å². The lowest BCUT2D eigenvalue weighted by Crippen LogP contribution is -2.23. The molecule has 1 aromatic heterocycles. The molecular weight excluding hydrogens is 248 g/mol. The molecule has 1 aliphatic rings. The molecular formula is C16H28N4. The molecule has 0 aliphatic carbocycles. The summed E-state index contributed by atoms with van der Waals surface area (Å²) in [6, 6.07) is 0. The largest absolute Gasteiger partial charge is 0.370 e. The second-order valence-electron chi connectivity index (χ2n) is 5.69. The molecule has 2 rings (SSSR count). The maximum Gasteiger partial charge on any atom is 0.137 e. The molecule has 4 heteroatoms. The fourth-order valence-electron chi connectivity index (χ4n) is 3.14. The number of hydrogen-bond donors (Lipinski definition) is 1. The van der Waals surface area contributed by atoms with E-state index < -0.39 is 0 Å². The minimum absolute atomic E-state index is 0.840. The van der Waals surface area contributed by atoms with E-state index in [4.69, 9.17) is 0 Å². The van der Waals surface area contributed by atoms with Gasteiger partial charge in [0.15, 0.2) is 0 Å². The predicted molar refractivity (Wildman–Crippen MR) is 85.4 cm³/mol. The Morgan fingerprint density at radius 1 is 1.25 bits per heavy atom. The van der Waals surface area contributed by atoms with Gasteiger partial charge in [-0.1, -0.05) is 26.7 Å². The molecule has 0 amide bonds. The number of nitrogens with one attached hydrogen (secondary N) is 1. The molecule has 0 saturated carbocycles. The monoisotopic (exact) mass is 276 g/mol. The number of aromatic nitrogens is 2. The van der Waals surface area contributed by atoms with Crippen LogP contribution in [0.2, 0.25) is 0 Å². The highest BCUT2D eigenvalue weighted by Gasteiger charge is 2.25. The van der Waals surface area contributed by atoms with Crippen molar-refractivity contribution in [3.63, 3.8) is 0 Å². The summed E-state index contributed by atoms with van der Waals surface area (Å²) in [5.74, 6) is 3.03. The van der Waals surface area contributed by atoms with Crippen LogP contribution in [0, 0.1) is 5.92 Å². The molecule has 4 nitrogen and oxygen atoms in total. The van der Waals surface area contributed by atoms with Crippen LogP contribution in [0.3, 0.4) is 0 Å². The van der Waals surface area contributed by atoms with Crippen LogP contribution in [0.15, 0.2) is 6.33 Å². The average Bonchev–Trinajstić information content (AvgIpc) is 2.90. The van der Waals surface area contributed by atoms with E-state index in [9.17, 15) is 0 Å². The topological polar surface area (TPSA) is 41.1 Å². The second-order valence-corrected chi connectivity index (χ2v) is 5.69. The van der Waals surface area contributed by atoms with Crippen LogP contribution in [0.5, 0.6) is 0 Å². The third-order valence-corrected chi connectivity index (χ3v) is 4.05. The van der Waals surface area contributed by atoms with Crippen molar-refractivity contribution < 1.29 is 0 Å². The zero-order valence-corrected chi connectivity index (χ0v) is 13.2. The Bertz CT molecular complexity index is 419. The molecule has 0 radical (unpaired) electrons. The van der Waals surface area contributed by atoms with E-state index in [0.717, 1.165) is 50.0 Å². The molecule has 0 bridgehead atoms. The Labute approximate surface area is 123 Å². The van der Waals surface area contributed by atoms with Gasteiger partial charge in [0.1, 0.15) is 18.0 Å². The maximum atomic E-state index is 4.59. The third-order valence-electron chi connectivity index (χ3n) is 4.05. The van der Waals surface area contributed by atoms with E-state index in [1.54, 1.807) is 6.33 Å². The Morgan fingerprint density at radius 2 is 2.10 bits per heavy atom. The normalized spacial score (nSPS) is 18.6. The molecule has 1 aliphatic heterocycles. The number of rotatable bonds is 7. The van der Waals surface area contributed by atoms with Gasteiger partial charge in [-0.05, 0) is 32.1 Å². The maximum absolute atomic E-state index is 4.59. The summed E-state index contributed by atoms with van der Waals surface area (Å²) in [7, 11) is 0. The molecule has 1 N–H and O–H groups in total. The van der Waals surface area contributed by atoms with Crippen molar-refractivity contribution in [1.82, 2.24) is 9.97 Å². The van der Waals surface area contributed by atoms with E-state index >= 15 is 0 Å². The lowest BCUT2D eigenvalue weighted by Gasteiger charge is -2.22. The van der Waals surface area contributed by atoms with Gasteiger partial charge in [0.2, 0.25) is 0 Å². The van der Waals surface area contributed by atoms with Crippen LogP contribution in [-0.4, -0.2) is 29.6 Å². The van der Waals surface area contributed by atoms with Crippen molar-refractivity contribution in [1.29, 1.82) is 0 Å². The average molecular weight is 276 g/mol. The number of nitrogens with zero attached hydrogens (tertiary/aromatic N) is 3.